The van der Waals surface area contributed by atoms with Gasteiger partial charge in [-0.3, -0.25) is 0 Å². The van der Waals surface area contributed by atoms with Gasteiger partial charge in [0.05, 0.1) is 17.8 Å². The maximum atomic E-state index is 10.1. The number of ether oxygens (including phenoxy) is 1. The molecule has 1 saturated carbocycles. The lowest BCUT2D eigenvalue weighted by molar-refractivity contribution is -0.0826. The average molecular weight is 537 g/mol. The zero-order valence-electron chi connectivity index (χ0n) is 26.3. The first-order valence-electron chi connectivity index (χ1n) is 15.4. The van der Waals surface area contributed by atoms with Crippen LogP contribution in [0.1, 0.15) is 119 Å². The van der Waals surface area contributed by atoms with E-state index in [-0.39, 0.29) is 28.5 Å². The Morgan fingerprint density at radius 3 is 2.23 bits per heavy atom. The van der Waals surface area contributed by atoms with Crippen LogP contribution in [0.25, 0.3) is 11.1 Å². The third-order valence-electron chi connectivity index (χ3n) is 10.4. The molecule has 3 aromatic carbocycles. The van der Waals surface area contributed by atoms with Crippen molar-refractivity contribution in [2.24, 2.45) is 5.92 Å². The quantitative estimate of drug-likeness (QED) is 0.311. The summed E-state index contributed by atoms with van der Waals surface area (Å²) >= 11 is 0. The van der Waals surface area contributed by atoms with Gasteiger partial charge in [-0.2, -0.15) is 0 Å². The molecule has 0 saturated heterocycles. The van der Waals surface area contributed by atoms with E-state index in [1.54, 1.807) is 11.1 Å². The number of hydrogen-bond donors (Lipinski definition) is 1. The van der Waals surface area contributed by atoms with Crippen LogP contribution in [-0.2, 0) is 26.6 Å². The average Bonchev–Trinajstić information content (AvgIpc) is 3.34. The third-order valence-corrected chi connectivity index (χ3v) is 10.4. The first-order valence-corrected chi connectivity index (χ1v) is 15.4. The second-order valence-electron chi connectivity index (χ2n) is 14.9. The molecule has 3 aliphatic rings. The van der Waals surface area contributed by atoms with E-state index in [4.69, 9.17) is 4.74 Å². The maximum absolute atomic E-state index is 10.1. The number of aliphatic hydroxyl groups is 1. The Morgan fingerprint density at radius 1 is 0.850 bits per heavy atom. The summed E-state index contributed by atoms with van der Waals surface area (Å²) in [6, 6.07) is 19.0. The Labute approximate surface area is 242 Å². The van der Waals surface area contributed by atoms with Crippen molar-refractivity contribution < 1.29 is 9.84 Å². The summed E-state index contributed by atoms with van der Waals surface area (Å²) in [6.45, 7) is 22.5. The molecule has 2 nitrogen and oxygen atoms in total. The predicted octanol–water partition coefficient (Wildman–Crippen LogP) is 9.01. The van der Waals surface area contributed by atoms with Crippen LogP contribution in [0.2, 0.25) is 0 Å². The van der Waals surface area contributed by atoms with Crippen molar-refractivity contribution in [3.63, 3.8) is 0 Å². The van der Waals surface area contributed by atoms with Gasteiger partial charge in [0.1, 0.15) is 0 Å². The van der Waals surface area contributed by atoms with Crippen LogP contribution in [0.15, 0.2) is 48.5 Å². The first kappa shape index (κ1) is 27.7. The SMILES string of the molecule is Cc1cc(C)c(C(C)(C)OC(C)CC(C)O)c([C@@]23CC2(CC(C)C)c2cc4c(cc23)C(C)(C)c2ccccc2-4)c1. The standard InChI is InChI=1S/C38H48O2/c1-22(2)20-37-21-38(37,32-19-30-28(18-31(32)37)27-13-11-12-14-29(27)35(30,7)8)33-16-23(3)15-24(4)34(33)36(9,10)40-26(6)17-25(5)39/h11-16,18-19,22,25-26,39H,17,20-21H2,1-10H3/t25?,26?,37?,38-/m0/s1. The number of aliphatic hydroxyl groups excluding tert-OH is 1. The molecule has 0 radical (unpaired) electrons. The molecule has 1 fully saturated rings. The number of aryl methyl sites for hydroxylation is 2. The molecule has 3 aromatic rings. The lowest BCUT2D eigenvalue weighted by Gasteiger charge is -2.44. The number of fused-ring (bicyclic) bond motifs is 7. The van der Waals surface area contributed by atoms with Crippen molar-refractivity contribution in [3.05, 3.63) is 93.0 Å². The topological polar surface area (TPSA) is 29.5 Å². The lowest BCUT2D eigenvalue weighted by Crippen LogP contribution is -2.40. The van der Waals surface area contributed by atoms with Crippen LogP contribution < -0.4 is 0 Å². The summed E-state index contributed by atoms with van der Waals surface area (Å²) < 4.78 is 6.77. The molecule has 3 unspecified atom stereocenters. The van der Waals surface area contributed by atoms with Crippen LogP contribution in [0.4, 0.5) is 0 Å². The predicted molar refractivity (Wildman–Crippen MR) is 166 cm³/mol. The Balaban J connectivity index is 1.55. The molecule has 1 N–H and O–H groups in total. The molecule has 0 aromatic heterocycles. The van der Waals surface area contributed by atoms with Gasteiger partial charge in [0, 0.05) is 16.2 Å². The Kier molecular flexibility index (Phi) is 6.10. The molecule has 40 heavy (non-hydrogen) atoms. The van der Waals surface area contributed by atoms with E-state index in [0.29, 0.717) is 12.3 Å². The smallest absolute Gasteiger partial charge is 0.0884 e. The van der Waals surface area contributed by atoms with E-state index in [0.717, 1.165) is 0 Å². The van der Waals surface area contributed by atoms with Crippen molar-refractivity contribution in [2.45, 2.75) is 123 Å². The van der Waals surface area contributed by atoms with Crippen LogP contribution >= 0.6 is 0 Å². The van der Waals surface area contributed by atoms with E-state index < -0.39 is 5.60 Å². The van der Waals surface area contributed by atoms with Gasteiger partial charge in [-0.1, -0.05) is 75.7 Å². The Bertz CT molecular complexity index is 1510. The van der Waals surface area contributed by atoms with E-state index in [1.165, 1.54) is 57.3 Å². The van der Waals surface area contributed by atoms with Crippen molar-refractivity contribution in [1.29, 1.82) is 0 Å². The van der Waals surface area contributed by atoms with Crippen molar-refractivity contribution in [1.82, 2.24) is 0 Å². The normalized spacial score (nSPS) is 25.0. The van der Waals surface area contributed by atoms with Gasteiger partial charge in [0.2, 0.25) is 0 Å². The molecule has 0 bridgehead atoms. The number of rotatable bonds is 8. The molecule has 2 heteroatoms. The maximum Gasteiger partial charge on any atom is 0.0884 e. The van der Waals surface area contributed by atoms with Crippen molar-refractivity contribution >= 4 is 0 Å². The fourth-order valence-corrected chi connectivity index (χ4v) is 9.27. The molecular formula is C38H48O2. The monoisotopic (exact) mass is 536 g/mol. The highest BCUT2D eigenvalue weighted by Gasteiger charge is 2.78. The zero-order chi connectivity index (χ0) is 29.0. The van der Waals surface area contributed by atoms with Crippen molar-refractivity contribution in [3.8, 4) is 11.1 Å². The van der Waals surface area contributed by atoms with Gasteiger partial charge >= 0.3 is 0 Å². The van der Waals surface area contributed by atoms with Crippen molar-refractivity contribution in [2.75, 3.05) is 0 Å². The summed E-state index contributed by atoms with van der Waals surface area (Å²) in [7, 11) is 0. The van der Waals surface area contributed by atoms with Crippen LogP contribution in [0.3, 0.4) is 0 Å². The molecular weight excluding hydrogens is 488 g/mol. The van der Waals surface area contributed by atoms with Gasteiger partial charge in [-0.25, -0.2) is 0 Å². The molecule has 3 aliphatic carbocycles. The molecule has 0 amide bonds. The van der Waals surface area contributed by atoms with Crippen LogP contribution in [0.5, 0.6) is 0 Å². The van der Waals surface area contributed by atoms with Gasteiger partial charge < -0.3 is 9.84 Å². The van der Waals surface area contributed by atoms with Gasteiger partial charge in [-0.15, -0.1) is 0 Å². The van der Waals surface area contributed by atoms with E-state index in [1.807, 2.05) is 6.92 Å². The second kappa shape index (κ2) is 8.79. The minimum atomic E-state index is -0.468. The summed E-state index contributed by atoms with van der Waals surface area (Å²) in [5.41, 5.74) is 14.1. The molecule has 0 heterocycles. The minimum Gasteiger partial charge on any atom is -0.393 e. The highest BCUT2D eigenvalue weighted by molar-refractivity contribution is 5.86. The highest BCUT2D eigenvalue weighted by atomic mass is 16.5. The summed E-state index contributed by atoms with van der Waals surface area (Å²) in [6.07, 6.45) is 2.62. The Morgan fingerprint density at radius 2 is 1.55 bits per heavy atom. The second-order valence-corrected chi connectivity index (χ2v) is 14.9. The molecule has 0 spiro atoms. The molecule has 4 atom stereocenters. The van der Waals surface area contributed by atoms with Gasteiger partial charge in [-0.05, 0) is 123 Å². The first-order chi connectivity index (χ1) is 18.7. The molecule has 212 valence electrons. The van der Waals surface area contributed by atoms with Gasteiger partial charge in [0.25, 0.3) is 0 Å². The van der Waals surface area contributed by atoms with Gasteiger partial charge in [0.15, 0.2) is 0 Å². The fourth-order valence-electron chi connectivity index (χ4n) is 9.27. The van der Waals surface area contributed by atoms with Crippen LogP contribution in [-0.4, -0.2) is 17.3 Å². The minimum absolute atomic E-state index is 0.00249. The van der Waals surface area contributed by atoms with E-state index in [2.05, 4.69) is 111 Å². The zero-order valence-corrected chi connectivity index (χ0v) is 26.3. The summed E-state index contributed by atoms with van der Waals surface area (Å²) in [4.78, 5) is 0. The largest absolute Gasteiger partial charge is 0.393 e. The number of benzene rings is 3. The lowest BCUT2D eigenvalue weighted by atomic mass is 9.59. The van der Waals surface area contributed by atoms with E-state index in [9.17, 15) is 5.11 Å². The highest BCUT2D eigenvalue weighted by Crippen LogP contribution is 2.81. The Hall–Kier alpha value is -2.42. The van der Waals surface area contributed by atoms with Crippen LogP contribution in [0, 0.1) is 19.8 Å². The molecule has 0 aliphatic heterocycles. The summed E-state index contributed by atoms with van der Waals surface area (Å²) in [5.74, 6) is 0.622. The summed E-state index contributed by atoms with van der Waals surface area (Å²) in [5, 5.41) is 10.1. The third kappa shape index (κ3) is 3.68. The van der Waals surface area contributed by atoms with E-state index >= 15 is 0 Å². The fraction of sp³-hybridized carbons (Fsp3) is 0.526. The number of hydrogen-bond acceptors (Lipinski definition) is 2. The molecule has 6 rings (SSSR count).